The molecule has 1 aromatic carbocycles. The molecule has 0 spiro atoms. The second kappa shape index (κ2) is 6.72. The van der Waals surface area contributed by atoms with Gasteiger partial charge in [-0.3, -0.25) is 4.79 Å². The molecule has 1 aliphatic heterocycles. The average molecular weight is 396 g/mol. The van der Waals surface area contributed by atoms with E-state index in [1.165, 1.54) is 16.9 Å². The molecule has 2 heterocycles. The molecule has 4 nitrogen and oxygen atoms in total. The minimum atomic E-state index is -0.245. The van der Waals surface area contributed by atoms with Gasteiger partial charge >= 0.3 is 0 Å². The van der Waals surface area contributed by atoms with Gasteiger partial charge in [0.05, 0.1) is 5.56 Å². The van der Waals surface area contributed by atoms with Crippen molar-refractivity contribution in [3.05, 3.63) is 51.4 Å². The molecular formula is C23H29N3OS. The normalized spacial score (nSPS) is 17.5. The van der Waals surface area contributed by atoms with Crippen LogP contribution in [0, 0.1) is 11.3 Å². The number of benzene rings is 1. The van der Waals surface area contributed by atoms with Crippen LogP contribution >= 0.6 is 11.3 Å². The topological polar surface area (TPSA) is 64.9 Å². The summed E-state index contributed by atoms with van der Waals surface area (Å²) in [5.74, 6) is -0.180. The number of hydrogen-bond donors (Lipinski definition) is 2. The number of hydrogen-bond acceptors (Lipinski definition) is 4. The van der Waals surface area contributed by atoms with Gasteiger partial charge in [-0.2, -0.15) is 5.26 Å². The van der Waals surface area contributed by atoms with Crippen LogP contribution in [0.2, 0.25) is 0 Å². The third-order valence-corrected chi connectivity index (χ3v) is 6.67. The van der Waals surface area contributed by atoms with Gasteiger partial charge in [-0.05, 0) is 62.8 Å². The summed E-state index contributed by atoms with van der Waals surface area (Å²) >= 11 is 1.51. The highest BCUT2D eigenvalue weighted by Gasteiger charge is 2.40. The lowest BCUT2D eigenvalue weighted by Crippen LogP contribution is -2.54. The van der Waals surface area contributed by atoms with E-state index in [1.54, 1.807) is 0 Å². The minimum Gasteiger partial charge on any atom is -0.312 e. The molecule has 0 saturated heterocycles. The summed E-state index contributed by atoms with van der Waals surface area (Å²) in [6.45, 7) is 15.0. The van der Waals surface area contributed by atoms with Gasteiger partial charge in [0, 0.05) is 21.5 Å². The van der Waals surface area contributed by atoms with Gasteiger partial charge in [0.2, 0.25) is 0 Å². The molecule has 0 radical (unpaired) electrons. The van der Waals surface area contributed by atoms with Crippen molar-refractivity contribution in [3.8, 4) is 6.07 Å². The summed E-state index contributed by atoms with van der Waals surface area (Å²) in [7, 11) is 0. The molecule has 28 heavy (non-hydrogen) atoms. The van der Waals surface area contributed by atoms with Crippen molar-refractivity contribution < 1.29 is 4.79 Å². The third-order valence-electron chi connectivity index (χ3n) is 5.20. The predicted octanol–water partition coefficient (Wildman–Crippen LogP) is 5.33. The largest absolute Gasteiger partial charge is 0.312 e. The third kappa shape index (κ3) is 3.85. The smallest absolute Gasteiger partial charge is 0.256 e. The van der Waals surface area contributed by atoms with E-state index >= 15 is 0 Å². The Balaban J connectivity index is 1.93. The highest BCUT2D eigenvalue weighted by Crippen LogP contribution is 2.44. The summed E-state index contributed by atoms with van der Waals surface area (Å²) in [5, 5.41) is 17.1. The van der Waals surface area contributed by atoms with Crippen LogP contribution in [-0.2, 0) is 17.4 Å². The Labute approximate surface area is 172 Å². The monoisotopic (exact) mass is 395 g/mol. The molecule has 0 atom stereocenters. The van der Waals surface area contributed by atoms with Crippen molar-refractivity contribution in [1.29, 1.82) is 5.26 Å². The van der Waals surface area contributed by atoms with Crippen LogP contribution in [0.4, 0.5) is 5.00 Å². The van der Waals surface area contributed by atoms with Gasteiger partial charge in [0.1, 0.15) is 11.1 Å². The summed E-state index contributed by atoms with van der Waals surface area (Å²) in [6, 6.07) is 10.0. The van der Waals surface area contributed by atoms with Crippen LogP contribution in [-0.4, -0.2) is 11.4 Å². The fourth-order valence-electron chi connectivity index (χ4n) is 4.03. The summed E-state index contributed by atoms with van der Waals surface area (Å²) in [4.78, 5) is 13.9. The number of thiophene rings is 1. The van der Waals surface area contributed by atoms with Crippen LogP contribution in [0.25, 0.3) is 0 Å². The number of carbonyl (C=O) groups is 1. The standard InChI is InChI=1S/C23H29N3OS/c1-21(2,3)15-10-8-14(9-11-15)19(27)25-20-17(13-24)16-12-22(4,5)26-23(6,7)18(16)28-20/h8-11,26H,12H2,1-7H3,(H,25,27). The summed E-state index contributed by atoms with van der Waals surface area (Å²) in [5.41, 5.74) is 3.13. The van der Waals surface area contributed by atoms with Gasteiger partial charge in [0.25, 0.3) is 5.91 Å². The van der Waals surface area contributed by atoms with Crippen LogP contribution in [0.1, 0.15) is 80.4 Å². The van der Waals surface area contributed by atoms with Crippen molar-refractivity contribution in [1.82, 2.24) is 5.32 Å². The molecule has 0 fully saturated rings. The fourth-order valence-corrected chi connectivity index (χ4v) is 5.25. The zero-order chi connectivity index (χ0) is 20.9. The molecule has 1 amide bonds. The predicted molar refractivity (Wildman–Crippen MR) is 116 cm³/mol. The van der Waals surface area contributed by atoms with E-state index in [4.69, 9.17) is 0 Å². The van der Waals surface area contributed by atoms with Crippen molar-refractivity contribution in [2.75, 3.05) is 5.32 Å². The Kier molecular flexibility index (Phi) is 4.94. The second-order valence-electron chi connectivity index (χ2n) is 9.82. The molecule has 0 unspecified atom stereocenters. The molecule has 1 aromatic heterocycles. The van der Waals surface area contributed by atoms with E-state index in [0.717, 1.165) is 16.9 Å². The molecule has 0 saturated carbocycles. The molecule has 5 heteroatoms. The van der Waals surface area contributed by atoms with E-state index in [9.17, 15) is 10.1 Å². The van der Waals surface area contributed by atoms with E-state index in [-0.39, 0.29) is 22.4 Å². The molecular weight excluding hydrogens is 366 g/mol. The maximum Gasteiger partial charge on any atom is 0.256 e. The zero-order valence-electron chi connectivity index (χ0n) is 17.8. The lowest BCUT2D eigenvalue weighted by molar-refractivity contribution is 0.102. The number of anilines is 1. The van der Waals surface area contributed by atoms with E-state index in [2.05, 4.69) is 65.2 Å². The number of amides is 1. The van der Waals surface area contributed by atoms with Crippen molar-refractivity contribution >= 4 is 22.2 Å². The van der Waals surface area contributed by atoms with Gasteiger partial charge in [-0.25, -0.2) is 0 Å². The first-order valence-electron chi connectivity index (χ1n) is 9.61. The number of rotatable bonds is 2. The second-order valence-corrected chi connectivity index (χ2v) is 10.8. The van der Waals surface area contributed by atoms with Crippen molar-refractivity contribution in [2.45, 2.75) is 71.4 Å². The highest BCUT2D eigenvalue weighted by molar-refractivity contribution is 7.17. The number of carbonyl (C=O) groups excluding carboxylic acids is 1. The number of nitriles is 1. The molecule has 2 N–H and O–H groups in total. The SMILES string of the molecule is CC1(C)Cc2c(sc(NC(=O)c3ccc(C(C)(C)C)cc3)c2C#N)C(C)(C)N1. The molecule has 0 aliphatic carbocycles. The highest BCUT2D eigenvalue weighted by atomic mass is 32.1. The first-order valence-corrected chi connectivity index (χ1v) is 10.4. The Bertz CT molecular complexity index is 953. The Morgan fingerprint density at radius 2 is 1.79 bits per heavy atom. The average Bonchev–Trinajstić information content (AvgIpc) is 2.90. The van der Waals surface area contributed by atoms with Gasteiger partial charge < -0.3 is 10.6 Å². The molecule has 1 aliphatic rings. The van der Waals surface area contributed by atoms with Crippen LogP contribution in [0.15, 0.2) is 24.3 Å². The number of nitrogens with zero attached hydrogens (tertiary/aromatic N) is 1. The van der Waals surface area contributed by atoms with Gasteiger partial charge in [-0.1, -0.05) is 32.9 Å². The summed E-state index contributed by atoms with van der Waals surface area (Å²) in [6.07, 6.45) is 0.765. The zero-order valence-corrected chi connectivity index (χ0v) is 18.6. The van der Waals surface area contributed by atoms with E-state index in [0.29, 0.717) is 16.1 Å². The lowest BCUT2D eigenvalue weighted by atomic mass is 9.81. The first-order chi connectivity index (χ1) is 12.8. The Hall–Kier alpha value is -2.16. The van der Waals surface area contributed by atoms with Crippen molar-refractivity contribution in [3.63, 3.8) is 0 Å². The van der Waals surface area contributed by atoms with Crippen LogP contribution in [0.5, 0.6) is 0 Å². The lowest BCUT2D eigenvalue weighted by Gasteiger charge is -2.42. The maximum atomic E-state index is 12.8. The van der Waals surface area contributed by atoms with Crippen molar-refractivity contribution in [2.24, 2.45) is 0 Å². The molecule has 148 valence electrons. The fraction of sp³-hybridized carbons (Fsp3) is 0.478. The van der Waals surface area contributed by atoms with E-state index in [1.807, 2.05) is 24.3 Å². The molecule has 0 bridgehead atoms. The minimum absolute atomic E-state index is 0.0428. The van der Waals surface area contributed by atoms with Gasteiger partial charge in [0.15, 0.2) is 0 Å². The Morgan fingerprint density at radius 1 is 1.18 bits per heavy atom. The van der Waals surface area contributed by atoms with Gasteiger partial charge in [-0.15, -0.1) is 11.3 Å². The summed E-state index contributed by atoms with van der Waals surface area (Å²) < 4.78 is 0. The number of fused-ring (bicyclic) bond motifs is 1. The maximum absolute atomic E-state index is 12.8. The Morgan fingerprint density at radius 3 is 2.32 bits per heavy atom. The number of nitrogens with one attached hydrogen (secondary N) is 2. The molecule has 2 aromatic rings. The van der Waals surface area contributed by atoms with E-state index < -0.39 is 0 Å². The van der Waals surface area contributed by atoms with Crippen LogP contribution < -0.4 is 10.6 Å². The quantitative estimate of drug-likeness (QED) is 0.722. The van der Waals surface area contributed by atoms with Crippen LogP contribution in [0.3, 0.4) is 0 Å². The molecule has 3 rings (SSSR count). The first kappa shape index (κ1) is 20.6.